The molecule has 0 amide bonds. The van der Waals surface area contributed by atoms with Gasteiger partial charge in [-0.05, 0) is 62.4 Å². The fourth-order valence-corrected chi connectivity index (χ4v) is 4.10. The molecule has 2 aromatic carbocycles. The van der Waals surface area contributed by atoms with Crippen molar-refractivity contribution in [2.45, 2.75) is 13.8 Å². The van der Waals surface area contributed by atoms with Crippen molar-refractivity contribution >= 4 is 45.5 Å². The molecule has 0 bridgehead atoms. The number of fused-ring (bicyclic) bond motifs is 1. The number of nitriles is 1. The van der Waals surface area contributed by atoms with Gasteiger partial charge in [0.25, 0.3) is 0 Å². The Morgan fingerprint density at radius 3 is 2.70 bits per heavy atom. The molecule has 0 aliphatic heterocycles. The molecule has 0 N–H and O–H groups in total. The number of hydrogen-bond acceptors (Lipinski definition) is 5. The highest BCUT2D eigenvalue weighted by atomic mass is 35.5. The summed E-state index contributed by atoms with van der Waals surface area (Å²) in [6.07, 6.45) is 1.75. The van der Waals surface area contributed by atoms with Gasteiger partial charge in [0.15, 0.2) is 0 Å². The lowest BCUT2D eigenvalue weighted by molar-refractivity contribution is 0.340. The van der Waals surface area contributed by atoms with Crippen LogP contribution < -0.4 is 4.74 Å². The summed E-state index contributed by atoms with van der Waals surface area (Å²) in [6.45, 7) is 4.61. The van der Waals surface area contributed by atoms with Crippen molar-refractivity contribution in [3.8, 4) is 23.1 Å². The van der Waals surface area contributed by atoms with Gasteiger partial charge in [0.1, 0.15) is 22.0 Å². The number of benzene rings is 2. The van der Waals surface area contributed by atoms with Crippen molar-refractivity contribution in [1.29, 1.82) is 5.26 Å². The second-order valence-electron chi connectivity index (χ2n) is 6.73. The molecule has 2 aromatic heterocycles. The van der Waals surface area contributed by atoms with Gasteiger partial charge in [0, 0.05) is 21.9 Å². The summed E-state index contributed by atoms with van der Waals surface area (Å²) in [7, 11) is 0. The molecule has 0 radical (unpaired) electrons. The molecule has 4 aromatic rings. The molecule has 2 heterocycles. The van der Waals surface area contributed by atoms with Gasteiger partial charge in [-0.2, -0.15) is 5.26 Å². The van der Waals surface area contributed by atoms with Crippen molar-refractivity contribution in [3.63, 3.8) is 0 Å². The fourth-order valence-electron chi connectivity index (χ4n) is 3.11. The fraction of sp³-hybridized carbons (Fsp3) is 0.125. The molecule has 0 unspecified atom stereocenters. The van der Waals surface area contributed by atoms with E-state index in [2.05, 4.69) is 22.1 Å². The number of ether oxygens (including phenoxy) is 1. The molecule has 6 heteroatoms. The zero-order chi connectivity index (χ0) is 21.1. The first kappa shape index (κ1) is 20.1. The maximum Gasteiger partial charge on any atom is 0.137 e. The molecule has 0 atom stereocenters. The van der Waals surface area contributed by atoms with E-state index in [1.807, 2.05) is 61.7 Å². The highest BCUT2D eigenvalue weighted by Gasteiger charge is 2.11. The largest absolute Gasteiger partial charge is 0.494 e. The summed E-state index contributed by atoms with van der Waals surface area (Å²) in [5, 5.41) is 13.7. The van der Waals surface area contributed by atoms with E-state index in [1.165, 1.54) is 11.3 Å². The molecule has 0 saturated heterocycles. The van der Waals surface area contributed by atoms with E-state index in [9.17, 15) is 5.26 Å². The minimum atomic E-state index is 0.363. The maximum absolute atomic E-state index is 9.73. The summed E-state index contributed by atoms with van der Waals surface area (Å²) in [5.41, 5.74) is 4.91. The van der Waals surface area contributed by atoms with Gasteiger partial charge in [-0.3, -0.25) is 0 Å². The van der Waals surface area contributed by atoms with Crippen LogP contribution in [0.1, 0.15) is 23.1 Å². The summed E-state index contributed by atoms with van der Waals surface area (Å²) in [4.78, 5) is 9.11. The lowest BCUT2D eigenvalue weighted by atomic mass is 10.1. The molecule has 0 aliphatic rings. The second-order valence-corrected chi connectivity index (χ2v) is 7.95. The van der Waals surface area contributed by atoms with Crippen LogP contribution in [0, 0.1) is 18.3 Å². The summed E-state index contributed by atoms with van der Waals surface area (Å²) in [6, 6.07) is 18.0. The number of nitrogens with zero attached hydrogens (tertiary/aromatic N) is 3. The van der Waals surface area contributed by atoms with E-state index >= 15 is 0 Å². The molecule has 148 valence electrons. The minimum absolute atomic E-state index is 0.363. The van der Waals surface area contributed by atoms with Gasteiger partial charge in [0.05, 0.1) is 23.4 Å². The molecule has 30 heavy (non-hydrogen) atoms. The molecule has 0 spiro atoms. The summed E-state index contributed by atoms with van der Waals surface area (Å²) >= 11 is 7.81. The zero-order valence-corrected chi connectivity index (χ0v) is 18.1. The normalized spacial score (nSPS) is 11.5. The second kappa shape index (κ2) is 8.66. The first-order chi connectivity index (χ1) is 14.6. The maximum atomic E-state index is 9.73. The van der Waals surface area contributed by atoms with E-state index in [4.69, 9.17) is 16.3 Å². The number of thiazole rings is 1. The van der Waals surface area contributed by atoms with Crippen LogP contribution in [0.15, 0.2) is 53.9 Å². The van der Waals surface area contributed by atoms with Gasteiger partial charge in [-0.1, -0.05) is 23.2 Å². The number of hydrogen-bond donors (Lipinski definition) is 0. The smallest absolute Gasteiger partial charge is 0.137 e. The third-order valence-electron chi connectivity index (χ3n) is 4.57. The molecule has 0 aliphatic carbocycles. The van der Waals surface area contributed by atoms with E-state index in [0.29, 0.717) is 27.9 Å². The summed E-state index contributed by atoms with van der Waals surface area (Å²) in [5.74, 6) is 0.822. The first-order valence-electron chi connectivity index (χ1n) is 9.45. The van der Waals surface area contributed by atoms with Gasteiger partial charge in [0.2, 0.25) is 0 Å². The first-order valence-corrected chi connectivity index (χ1v) is 10.7. The highest BCUT2D eigenvalue weighted by molar-refractivity contribution is 7.11. The predicted molar refractivity (Wildman–Crippen MR) is 124 cm³/mol. The van der Waals surface area contributed by atoms with Crippen LogP contribution in [-0.2, 0) is 0 Å². The van der Waals surface area contributed by atoms with Crippen molar-refractivity contribution < 1.29 is 4.74 Å². The third-order valence-corrected chi connectivity index (χ3v) is 5.75. The zero-order valence-electron chi connectivity index (χ0n) is 16.5. The van der Waals surface area contributed by atoms with Gasteiger partial charge >= 0.3 is 0 Å². The van der Waals surface area contributed by atoms with Gasteiger partial charge < -0.3 is 4.74 Å². The highest BCUT2D eigenvalue weighted by Crippen LogP contribution is 2.30. The van der Waals surface area contributed by atoms with E-state index < -0.39 is 0 Å². The molecule has 4 rings (SSSR count). The number of allylic oxidation sites excluding steroid dienone is 1. The number of aromatic nitrogens is 2. The van der Waals surface area contributed by atoms with Gasteiger partial charge in [-0.25, -0.2) is 9.97 Å². The van der Waals surface area contributed by atoms with Crippen LogP contribution in [0.5, 0.6) is 5.75 Å². The average molecular weight is 432 g/mol. The van der Waals surface area contributed by atoms with Crippen LogP contribution in [0.3, 0.4) is 0 Å². The molecule has 4 nitrogen and oxygen atoms in total. The van der Waals surface area contributed by atoms with Crippen LogP contribution >= 0.6 is 22.9 Å². The van der Waals surface area contributed by atoms with Crippen molar-refractivity contribution in [1.82, 2.24) is 9.97 Å². The van der Waals surface area contributed by atoms with Crippen LogP contribution in [-0.4, -0.2) is 16.6 Å². The lowest BCUT2D eigenvalue weighted by Crippen LogP contribution is -1.90. The molecular weight excluding hydrogens is 414 g/mol. The lowest BCUT2D eigenvalue weighted by Gasteiger charge is -2.04. The molecule has 0 saturated carbocycles. The molecule has 0 fully saturated rings. The van der Waals surface area contributed by atoms with E-state index in [1.54, 1.807) is 6.08 Å². The third kappa shape index (κ3) is 4.20. The number of pyridine rings is 1. The standard InChI is InChI=1S/C24H18ClN3OS/c1-3-29-20-7-5-16(6-8-20)22-14-30-24(28-22)19(13-26)12-18-11-17-10-15(2)4-9-21(17)27-23(18)25/h4-12,14H,3H2,1-2H3. The Labute approximate surface area is 184 Å². The van der Waals surface area contributed by atoms with Crippen LogP contribution in [0.2, 0.25) is 5.15 Å². The Balaban J connectivity index is 1.68. The van der Waals surface area contributed by atoms with E-state index in [-0.39, 0.29) is 0 Å². The van der Waals surface area contributed by atoms with Crippen LogP contribution in [0.25, 0.3) is 33.8 Å². The topological polar surface area (TPSA) is 58.8 Å². The summed E-state index contributed by atoms with van der Waals surface area (Å²) < 4.78 is 5.48. The minimum Gasteiger partial charge on any atom is -0.494 e. The van der Waals surface area contributed by atoms with Crippen molar-refractivity contribution in [3.05, 3.63) is 75.2 Å². The monoisotopic (exact) mass is 431 g/mol. The van der Waals surface area contributed by atoms with Crippen molar-refractivity contribution in [2.75, 3.05) is 6.61 Å². The Morgan fingerprint density at radius 1 is 1.17 bits per heavy atom. The number of aryl methyl sites for hydroxylation is 1. The quantitative estimate of drug-likeness (QED) is 0.258. The number of halogens is 1. The van der Waals surface area contributed by atoms with E-state index in [0.717, 1.165) is 33.5 Å². The van der Waals surface area contributed by atoms with Crippen molar-refractivity contribution in [2.24, 2.45) is 0 Å². The SMILES string of the molecule is CCOc1ccc(-c2csc(C(C#N)=Cc3cc4cc(C)ccc4nc3Cl)n2)cc1. The Bertz CT molecular complexity index is 1290. The predicted octanol–water partition coefficient (Wildman–Crippen LogP) is 6.78. The Hall–Kier alpha value is -3.20. The molecular formula is C24H18ClN3OS. The van der Waals surface area contributed by atoms with Gasteiger partial charge in [-0.15, -0.1) is 11.3 Å². The Kier molecular flexibility index (Phi) is 5.80. The Morgan fingerprint density at radius 2 is 1.97 bits per heavy atom. The number of rotatable bonds is 5. The average Bonchev–Trinajstić information content (AvgIpc) is 3.23. The van der Waals surface area contributed by atoms with Crippen LogP contribution in [0.4, 0.5) is 0 Å².